The molecule has 1 N–H and O–H groups in total. The molecule has 3 aromatic rings. The first kappa shape index (κ1) is 20.0. The van der Waals surface area contributed by atoms with Crippen molar-refractivity contribution < 1.29 is 4.79 Å². The standard InChI is InChI=1S/C28H30N2O/c31-28(24-13-11-23(12-14-24)22-9-5-2-6-10-22)29-17-27-25-15-16-26(27)20-30(19-25)18-21-7-3-1-4-8-21/h1-14,25-27H,15-20H2,(H,29,31). The third-order valence-electron chi connectivity index (χ3n) is 7.11. The van der Waals surface area contributed by atoms with Crippen molar-refractivity contribution in [3.05, 3.63) is 96.1 Å². The van der Waals surface area contributed by atoms with Gasteiger partial charge in [-0.05, 0) is 59.4 Å². The van der Waals surface area contributed by atoms with Gasteiger partial charge in [-0.2, -0.15) is 0 Å². The highest BCUT2D eigenvalue weighted by Gasteiger charge is 2.41. The van der Waals surface area contributed by atoms with E-state index in [2.05, 4.69) is 52.7 Å². The molecule has 2 unspecified atom stereocenters. The van der Waals surface area contributed by atoms with Gasteiger partial charge >= 0.3 is 0 Å². The zero-order valence-electron chi connectivity index (χ0n) is 17.9. The summed E-state index contributed by atoms with van der Waals surface area (Å²) in [6.45, 7) is 4.14. The molecule has 0 spiro atoms. The first-order valence-electron chi connectivity index (χ1n) is 11.5. The van der Waals surface area contributed by atoms with Crippen LogP contribution in [0.25, 0.3) is 11.1 Å². The van der Waals surface area contributed by atoms with Crippen molar-refractivity contribution in [2.75, 3.05) is 19.6 Å². The number of piperidine rings is 1. The molecule has 2 bridgehead atoms. The van der Waals surface area contributed by atoms with Gasteiger partial charge in [-0.15, -0.1) is 0 Å². The zero-order chi connectivity index (χ0) is 21.0. The molecular weight excluding hydrogens is 380 g/mol. The van der Waals surface area contributed by atoms with Gasteiger partial charge in [0.1, 0.15) is 0 Å². The minimum atomic E-state index is 0.0470. The Labute approximate surface area is 185 Å². The van der Waals surface area contributed by atoms with Crippen molar-refractivity contribution in [1.82, 2.24) is 10.2 Å². The molecule has 1 aliphatic heterocycles. The van der Waals surface area contributed by atoms with Crippen LogP contribution in [-0.4, -0.2) is 30.4 Å². The van der Waals surface area contributed by atoms with Gasteiger partial charge in [0.25, 0.3) is 5.91 Å². The number of carbonyl (C=O) groups is 1. The summed E-state index contributed by atoms with van der Waals surface area (Å²) in [5, 5.41) is 3.24. The molecule has 1 saturated carbocycles. The van der Waals surface area contributed by atoms with Crippen LogP contribution in [0.15, 0.2) is 84.9 Å². The number of amides is 1. The van der Waals surface area contributed by atoms with Gasteiger partial charge in [-0.25, -0.2) is 0 Å². The first-order valence-corrected chi connectivity index (χ1v) is 11.5. The second kappa shape index (κ2) is 9.07. The quantitative estimate of drug-likeness (QED) is 0.603. The molecule has 1 aliphatic carbocycles. The van der Waals surface area contributed by atoms with E-state index in [-0.39, 0.29) is 5.91 Å². The molecule has 1 amide bonds. The summed E-state index contributed by atoms with van der Waals surface area (Å²) in [5.41, 5.74) is 4.45. The van der Waals surface area contributed by atoms with Crippen LogP contribution in [0, 0.1) is 17.8 Å². The summed E-state index contributed by atoms with van der Waals surface area (Å²) in [7, 11) is 0. The van der Waals surface area contributed by atoms with Crippen LogP contribution in [0.1, 0.15) is 28.8 Å². The molecule has 0 aromatic heterocycles. The third kappa shape index (κ3) is 4.57. The Hall–Kier alpha value is -2.91. The fourth-order valence-electron chi connectivity index (χ4n) is 5.49. The topological polar surface area (TPSA) is 32.3 Å². The molecule has 3 heteroatoms. The molecule has 31 heavy (non-hydrogen) atoms. The zero-order valence-corrected chi connectivity index (χ0v) is 17.9. The maximum Gasteiger partial charge on any atom is 0.251 e. The third-order valence-corrected chi connectivity index (χ3v) is 7.11. The maximum absolute atomic E-state index is 12.8. The predicted molar refractivity (Wildman–Crippen MR) is 126 cm³/mol. The van der Waals surface area contributed by atoms with Gasteiger partial charge < -0.3 is 5.32 Å². The van der Waals surface area contributed by atoms with Crippen LogP contribution in [0.5, 0.6) is 0 Å². The molecule has 1 saturated heterocycles. The molecule has 1 heterocycles. The number of carbonyl (C=O) groups excluding carboxylic acids is 1. The van der Waals surface area contributed by atoms with Crippen molar-refractivity contribution >= 4 is 5.91 Å². The molecule has 2 atom stereocenters. The SMILES string of the molecule is O=C(NCC1C2CCC1CN(Cc1ccccc1)C2)c1ccc(-c2ccccc2)cc1. The van der Waals surface area contributed by atoms with E-state index < -0.39 is 0 Å². The highest BCUT2D eigenvalue weighted by Crippen LogP contribution is 2.42. The highest BCUT2D eigenvalue weighted by molar-refractivity contribution is 5.94. The van der Waals surface area contributed by atoms with E-state index in [0.29, 0.717) is 17.8 Å². The average molecular weight is 411 g/mol. The summed E-state index contributed by atoms with van der Waals surface area (Å²) >= 11 is 0. The van der Waals surface area contributed by atoms with E-state index >= 15 is 0 Å². The van der Waals surface area contributed by atoms with Gasteiger partial charge in [0.15, 0.2) is 0 Å². The number of nitrogens with one attached hydrogen (secondary N) is 1. The van der Waals surface area contributed by atoms with Crippen LogP contribution < -0.4 is 5.32 Å². The van der Waals surface area contributed by atoms with Crippen molar-refractivity contribution in [2.45, 2.75) is 19.4 Å². The Balaban J connectivity index is 1.16. The van der Waals surface area contributed by atoms with E-state index in [1.807, 2.05) is 42.5 Å². The monoisotopic (exact) mass is 410 g/mol. The number of hydrogen-bond donors (Lipinski definition) is 1. The highest BCUT2D eigenvalue weighted by atomic mass is 16.1. The maximum atomic E-state index is 12.8. The van der Waals surface area contributed by atoms with Crippen molar-refractivity contribution in [1.29, 1.82) is 0 Å². The molecule has 158 valence electrons. The fraction of sp³-hybridized carbons (Fsp3) is 0.321. The largest absolute Gasteiger partial charge is 0.352 e. The lowest BCUT2D eigenvalue weighted by atomic mass is 9.84. The lowest BCUT2D eigenvalue weighted by Gasteiger charge is -2.38. The molecule has 2 fully saturated rings. The minimum absolute atomic E-state index is 0.0470. The number of benzene rings is 3. The molecule has 5 rings (SSSR count). The Kier molecular flexibility index (Phi) is 5.86. The number of likely N-dealkylation sites (tertiary alicyclic amines) is 1. The lowest BCUT2D eigenvalue weighted by Crippen LogP contribution is -2.45. The molecule has 2 aliphatic rings. The Morgan fingerprint density at radius 2 is 1.35 bits per heavy atom. The normalized spacial score (nSPS) is 22.9. The number of rotatable bonds is 6. The molecule has 0 radical (unpaired) electrons. The molecule has 3 nitrogen and oxygen atoms in total. The second-order valence-electron chi connectivity index (χ2n) is 9.09. The molecular formula is C28H30N2O. The van der Waals surface area contributed by atoms with E-state index in [1.54, 1.807) is 0 Å². The van der Waals surface area contributed by atoms with Crippen molar-refractivity contribution in [3.63, 3.8) is 0 Å². The summed E-state index contributed by atoms with van der Waals surface area (Å²) in [6, 6.07) is 29.0. The van der Waals surface area contributed by atoms with Crippen LogP contribution in [-0.2, 0) is 6.54 Å². The van der Waals surface area contributed by atoms with E-state index in [4.69, 9.17) is 0 Å². The van der Waals surface area contributed by atoms with Gasteiger partial charge in [-0.1, -0.05) is 72.8 Å². The Morgan fingerprint density at radius 1 is 0.774 bits per heavy atom. The number of nitrogens with zero attached hydrogens (tertiary/aromatic N) is 1. The van der Waals surface area contributed by atoms with Crippen molar-refractivity contribution in [3.8, 4) is 11.1 Å². The Bertz CT molecular complexity index is 986. The van der Waals surface area contributed by atoms with Crippen LogP contribution in [0.3, 0.4) is 0 Å². The first-order chi connectivity index (χ1) is 15.3. The smallest absolute Gasteiger partial charge is 0.251 e. The summed E-state index contributed by atoms with van der Waals surface area (Å²) in [4.78, 5) is 15.4. The number of fused-ring (bicyclic) bond motifs is 2. The second-order valence-corrected chi connectivity index (χ2v) is 9.09. The average Bonchev–Trinajstić information content (AvgIpc) is 3.06. The van der Waals surface area contributed by atoms with Crippen LogP contribution in [0.2, 0.25) is 0 Å². The van der Waals surface area contributed by atoms with Crippen LogP contribution in [0.4, 0.5) is 0 Å². The summed E-state index contributed by atoms with van der Waals surface area (Å²) in [5.74, 6) is 2.05. The van der Waals surface area contributed by atoms with Crippen molar-refractivity contribution in [2.24, 2.45) is 17.8 Å². The van der Waals surface area contributed by atoms with E-state index in [0.717, 1.165) is 37.3 Å². The Morgan fingerprint density at radius 3 is 2.00 bits per heavy atom. The van der Waals surface area contributed by atoms with Gasteiger partial charge in [0.05, 0.1) is 0 Å². The summed E-state index contributed by atoms with van der Waals surface area (Å²) in [6.07, 6.45) is 2.59. The van der Waals surface area contributed by atoms with Crippen LogP contribution >= 0.6 is 0 Å². The predicted octanol–water partition coefficient (Wildman–Crippen LogP) is 5.24. The molecule has 3 aromatic carbocycles. The lowest BCUT2D eigenvalue weighted by molar-refractivity contribution is 0.0856. The van der Waals surface area contributed by atoms with Gasteiger partial charge in [0, 0.05) is 31.7 Å². The van der Waals surface area contributed by atoms with Gasteiger partial charge in [-0.3, -0.25) is 9.69 Å². The fourth-order valence-corrected chi connectivity index (χ4v) is 5.49. The van der Waals surface area contributed by atoms with Gasteiger partial charge in [0.2, 0.25) is 0 Å². The van der Waals surface area contributed by atoms with E-state index in [1.165, 1.54) is 24.0 Å². The minimum Gasteiger partial charge on any atom is -0.352 e. The summed E-state index contributed by atoms with van der Waals surface area (Å²) < 4.78 is 0. The van der Waals surface area contributed by atoms with E-state index in [9.17, 15) is 4.79 Å². The number of hydrogen-bond acceptors (Lipinski definition) is 2.